The topological polar surface area (TPSA) is 82.5 Å². The average Bonchev–Trinajstić information content (AvgIpc) is 2.83. The Morgan fingerprint density at radius 1 is 1.29 bits per heavy atom. The number of amidine groups is 1. The maximum atomic E-state index is 12.3. The van der Waals surface area contributed by atoms with Crippen LogP contribution in [-0.2, 0) is 4.79 Å². The molecule has 1 amide bonds. The summed E-state index contributed by atoms with van der Waals surface area (Å²) >= 11 is 0. The number of aromatic nitrogens is 2. The summed E-state index contributed by atoms with van der Waals surface area (Å²) in [5.74, 6) is 3.15. The van der Waals surface area contributed by atoms with Gasteiger partial charge in [-0.05, 0) is 19.8 Å². The molecule has 1 atom stereocenters. The largest absolute Gasteiger partial charge is 0.356 e. The van der Waals surface area contributed by atoms with E-state index in [-0.39, 0.29) is 17.9 Å². The van der Waals surface area contributed by atoms with Crippen molar-refractivity contribution in [3.63, 3.8) is 0 Å². The van der Waals surface area contributed by atoms with Gasteiger partial charge in [0.1, 0.15) is 23.4 Å². The number of carbonyl (C=O) groups excluding carboxylic acids is 1. The second-order valence-corrected chi connectivity index (χ2v) is 5.75. The van der Waals surface area contributed by atoms with Crippen LogP contribution in [0.1, 0.15) is 26.6 Å². The lowest BCUT2D eigenvalue weighted by atomic mass is 10.0. The summed E-state index contributed by atoms with van der Waals surface area (Å²) in [5, 5.41) is 6.20. The van der Waals surface area contributed by atoms with Crippen molar-refractivity contribution in [2.75, 3.05) is 28.6 Å². The first-order valence-corrected chi connectivity index (χ1v) is 7.22. The zero-order valence-corrected chi connectivity index (χ0v) is 12.8. The van der Waals surface area contributed by atoms with Gasteiger partial charge in [0.05, 0.1) is 6.54 Å². The summed E-state index contributed by atoms with van der Waals surface area (Å²) in [6.07, 6.45) is 0. The van der Waals surface area contributed by atoms with Crippen LogP contribution in [0.5, 0.6) is 0 Å². The van der Waals surface area contributed by atoms with Gasteiger partial charge in [-0.2, -0.15) is 0 Å². The van der Waals surface area contributed by atoms with Crippen molar-refractivity contribution in [1.82, 2.24) is 9.97 Å². The fraction of sp³-hybridized carbons (Fsp3) is 0.571. The third-order valence-corrected chi connectivity index (χ3v) is 3.80. The van der Waals surface area contributed by atoms with E-state index in [0.717, 1.165) is 24.7 Å². The number of rotatable bonds is 2. The van der Waals surface area contributed by atoms with Crippen LogP contribution in [0.2, 0.25) is 0 Å². The summed E-state index contributed by atoms with van der Waals surface area (Å²) < 4.78 is 0. The van der Waals surface area contributed by atoms with E-state index in [0.29, 0.717) is 17.3 Å². The lowest BCUT2D eigenvalue weighted by molar-refractivity contribution is -0.117. The molecule has 7 heteroatoms. The number of aryl methyl sites for hydroxylation is 1. The van der Waals surface area contributed by atoms with E-state index < -0.39 is 0 Å². The Hall–Kier alpha value is -2.18. The molecule has 0 radical (unpaired) electrons. The monoisotopic (exact) mass is 288 g/mol. The maximum Gasteiger partial charge on any atom is 0.247 e. The van der Waals surface area contributed by atoms with E-state index in [1.54, 1.807) is 0 Å². The van der Waals surface area contributed by atoms with Crippen molar-refractivity contribution in [2.45, 2.75) is 33.7 Å². The fourth-order valence-electron chi connectivity index (χ4n) is 2.67. The van der Waals surface area contributed by atoms with E-state index in [2.05, 4.69) is 25.6 Å². The number of carbonyl (C=O) groups is 1. The number of aliphatic imine (C=N–C) groups is 1. The quantitative estimate of drug-likeness (QED) is 0.860. The molecule has 1 unspecified atom stereocenters. The van der Waals surface area contributed by atoms with Crippen molar-refractivity contribution in [3.8, 4) is 0 Å². The smallest absolute Gasteiger partial charge is 0.247 e. The van der Waals surface area contributed by atoms with Gasteiger partial charge < -0.3 is 15.5 Å². The van der Waals surface area contributed by atoms with Gasteiger partial charge >= 0.3 is 0 Å². The Balaban J connectivity index is 2.05. The normalized spacial score (nSPS) is 21.0. The summed E-state index contributed by atoms with van der Waals surface area (Å²) in [6.45, 7) is 9.35. The van der Waals surface area contributed by atoms with Crippen LogP contribution in [0.3, 0.4) is 0 Å². The first kappa shape index (κ1) is 13.8. The molecule has 0 saturated carbocycles. The van der Waals surface area contributed by atoms with E-state index in [1.165, 1.54) is 0 Å². The molecule has 7 nitrogen and oxygen atoms in total. The summed E-state index contributed by atoms with van der Waals surface area (Å²) in [6, 6.07) is -0.270. The van der Waals surface area contributed by atoms with E-state index in [4.69, 9.17) is 0 Å². The lowest BCUT2D eigenvalue weighted by Gasteiger charge is -2.31. The molecule has 0 spiro atoms. The standard InChI is InChI=1S/C14H20N6O/c1-7(2)10-14(21)19-11-12(18-10)16-8(3)17-13(11)20-6-5-15-9(20)4/h7,10H,5-6H2,1-4H3,(H,19,21)(H,16,17,18). The predicted octanol–water partition coefficient (Wildman–Crippen LogP) is 1.41. The number of fused-ring (bicyclic) bond motifs is 1. The van der Waals surface area contributed by atoms with Crippen LogP contribution in [-0.4, -0.2) is 40.8 Å². The molecule has 3 heterocycles. The van der Waals surface area contributed by atoms with Crippen molar-refractivity contribution >= 4 is 29.1 Å². The Kier molecular flexibility index (Phi) is 3.27. The molecular weight excluding hydrogens is 268 g/mol. The molecule has 21 heavy (non-hydrogen) atoms. The SMILES string of the molecule is CC1=NCCN1c1nc(C)nc2c1NC(=O)C(C(C)C)N2. The van der Waals surface area contributed by atoms with Gasteiger partial charge in [-0.15, -0.1) is 0 Å². The molecule has 3 rings (SSSR count). The summed E-state index contributed by atoms with van der Waals surface area (Å²) in [4.78, 5) is 27.6. The number of nitrogens with zero attached hydrogens (tertiary/aromatic N) is 4. The third kappa shape index (κ3) is 2.32. The zero-order valence-electron chi connectivity index (χ0n) is 12.8. The van der Waals surface area contributed by atoms with Gasteiger partial charge in [-0.25, -0.2) is 9.97 Å². The first-order valence-electron chi connectivity index (χ1n) is 7.22. The molecule has 2 aliphatic heterocycles. The van der Waals surface area contributed by atoms with Crippen LogP contribution in [0.4, 0.5) is 17.3 Å². The minimum atomic E-state index is -0.270. The number of nitrogens with one attached hydrogen (secondary N) is 2. The van der Waals surface area contributed by atoms with Gasteiger partial charge in [-0.3, -0.25) is 9.79 Å². The number of anilines is 3. The molecular formula is C14H20N6O. The van der Waals surface area contributed by atoms with Crippen LogP contribution in [0.25, 0.3) is 0 Å². The van der Waals surface area contributed by atoms with Crippen LogP contribution >= 0.6 is 0 Å². The van der Waals surface area contributed by atoms with Gasteiger partial charge in [0, 0.05) is 6.54 Å². The molecule has 0 saturated heterocycles. The molecule has 1 aromatic rings. The van der Waals surface area contributed by atoms with Gasteiger partial charge in [0.25, 0.3) is 0 Å². The maximum absolute atomic E-state index is 12.3. The highest BCUT2D eigenvalue weighted by molar-refractivity contribution is 6.08. The minimum absolute atomic E-state index is 0.0417. The van der Waals surface area contributed by atoms with E-state index in [1.807, 2.05) is 32.6 Å². The Morgan fingerprint density at radius 2 is 2.05 bits per heavy atom. The number of amides is 1. The molecule has 112 valence electrons. The second-order valence-electron chi connectivity index (χ2n) is 5.75. The third-order valence-electron chi connectivity index (χ3n) is 3.80. The van der Waals surface area contributed by atoms with Crippen molar-refractivity contribution < 1.29 is 4.79 Å². The lowest BCUT2D eigenvalue weighted by Crippen LogP contribution is -2.43. The average molecular weight is 288 g/mol. The number of hydrogen-bond acceptors (Lipinski definition) is 6. The Labute approximate surface area is 123 Å². The molecule has 2 aliphatic rings. The highest BCUT2D eigenvalue weighted by Crippen LogP contribution is 2.35. The molecule has 1 aromatic heterocycles. The first-order chi connectivity index (χ1) is 9.97. The minimum Gasteiger partial charge on any atom is -0.356 e. The second kappa shape index (κ2) is 4.98. The Morgan fingerprint density at radius 3 is 2.67 bits per heavy atom. The molecule has 0 bridgehead atoms. The van der Waals surface area contributed by atoms with Crippen molar-refractivity contribution in [3.05, 3.63) is 5.82 Å². The zero-order chi connectivity index (χ0) is 15.1. The van der Waals surface area contributed by atoms with Crippen LogP contribution in [0.15, 0.2) is 4.99 Å². The molecule has 2 N–H and O–H groups in total. The van der Waals surface area contributed by atoms with Crippen LogP contribution in [0, 0.1) is 12.8 Å². The summed E-state index contributed by atoms with van der Waals surface area (Å²) in [5.41, 5.74) is 0.652. The predicted molar refractivity (Wildman–Crippen MR) is 83.0 cm³/mol. The van der Waals surface area contributed by atoms with Crippen molar-refractivity contribution in [1.29, 1.82) is 0 Å². The highest BCUT2D eigenvalue weighted by atomic mass is 16.2. The summed E-state index contributed by atoms with van der Waals surface area (Å²) in [7, 11) is 0. The van der Waals surface area contributed by atoms with Gasteiger partial charge in [0.2, 0.25) is 5.91 Å². The molecule has 0 fully saturated rings. The van der Waals surface area contributed by atoms with E-state index >= 15 is 0 Å². The van der Waals surface area contributed by atoms with Crippen molar-refractivity contribution in [2.24, 2.45) is 10.9 Å². The van der Waals surface area contributed by atoms with Crippen LogP contribution < -0.4 is 15.5 Å². The highest BCUT2D eigenvalue weighted by Gasteiger charge is 2.33. The van der Waals surface area contributed by atoms with E-state index in [9.17, 15) is 4.79 Å². The Bertz CT molecular complexity index is 624. The van der Waals surface area contributed by atoms with Gasteiger partial charge in [0.15, 0.2) is 11.6 Å². The molecule has 0 aromatic carbocycles. The molecule has 0 aliphatic carbocycles. The van der Waals surface area contributed by atoms with Gasteiger partial charge in [-0.1, -0.05) is 13.8 Å². The fourth-order valence-corrected chi connectivity index (χ4v) is 2.67. The number of hydrogen-bond donors (Lipinski definition) is 2.